The number of fused-ring (bicyclic) bond motifs is 1. The molecule has 21 heavy (non-hydrogen) atoms. The van der Waals surface area contributed by atoms with E-state index in [1.165, 1.54) is 4.90 Å². The Hall–Kier alpha value is -1.97. The van der Waals surface area contributed by atoms with Gasteiger partial charge in [-0.05, 0) is 43.9 Å². The number of imide groups is 1. The average Bonchev–Trinajstić information content (AvgIpc) is 3.02. The smallest absolute Gasteiger partial charge is 0.233 e. The van der Waals surface area contributed by atoms with Gasteiger partial charge < -0.3 is 0 Å². The van der Waals surface area contributed by atoms with E-state index >= 15 is 0 Å². The molecule has 1 saturated heterocycles. The Morgan fingerprint density at radius 1 is 1.10 bits per heavy atom. The number of amides is 2. The number of aryl methyl sites for hydroxylation is 2. The monoisotopic (exact) mass is 285 g/mol. The third kappa shape index (κ3) is 2.28. The van der Waals surface area contributed by atoms with Gasteiger partial charge in [-0.25, -0.2) is 0 Å². The summed E-state index contributed by atoms with van der Waals surface area (Å²) in [7, 11) is 0. The van der Waals surface area contributed by atoms with Crippen LogP contribution in [-0.4, -0.2) is 29.0 Å². The largest absolute Gasteiger partial charge is 0.292 e. The van der Waals surface area contributed by atoms with Gasteiger partial charge >= 0.3 is 0 Å². The molecule has 3 rings (SSSR count). The predicted molar refractivity (Wildman–Crippen MR) is 77.8 cm³/mol. The number of hydrogen-bond acceptors (Lipinski definition) is 3. The van der Waals surface area contributed by atoms with E-state index in [9.17, 15) is 14.4 Å². The maximum atomic E-state index is 12.3. The molecule has 4 heteroatoms. The van der Waals surface area contributed by atoms with Crippen molar-refractivity contribution in [3.63, 3.8) is 0 Å². The van der Waals surface area contributed by atoms with Crippen molar-refractivity contribution in [2.24, 2.45) is 11.8 Å². The molecule has 1 aliphatic carbocycles. The summed E-state index contributed by atoms with van der Waals surface area (Å²) in [5.41, 5.74) is 2.72. The fraction of sp³-hybridized carbons (Fsp3) is 0.471. The van der Waals surface area contributed by atoms with Crippen LogP contribution in [0.25, 0.3) is 0 Å². The molecule has 110 valence electrons. The SMILES string of the molecule is Cc1ccc(C(=O)CN2C(=O)C3CCCC3C2=O)cc1C. The molecule has 1 aromatic carbocycles. The molecule has 1 aromatic rings. The quantitative estimate of drug-likeness (QED) is 0.632. The first-order valence-corrected chi connectivity index (χ1v) is 7.44. The third-order valence-electron chi connectivity index (χ3n) is 4.81. The first kappa shape index (κ1) is 14.0. The van der Waals surface area contributed by atoms with E-state index in [0.29, 0.717) is 5.56 Å². The summed E-state index contributed by atoms with van der Waals surface area (Å²) in [6.45, 7) is 3.81. The van der Waals surface area contributed by atoms with Crippen LogP contribution in [0.3, 0.4) is 0 Å². The van der Waals surface area contributed by atoms with Gasteiger partial charge in [0.2, 0.25) is 11.8 Å². The number of carbonyl (C=O) groups is 3. The lowest BCUT2D eigenvalue weighted by atomic mass is 10.00. The van der Waals surface area contributed by atoms with E-state index in [-0.39, 0.29) is 36.0 Å². The molecule has 1 saturated carbocycles. The van der Waals surface area contributed by atoms with Crippen molar-refractivity contribution in [1.29, 1.82) is 0 Å². The number of Topliss-reactive ketones (excluding diaryl/α,β-unsaturated/α-hetero) is 1. The molecule has 0 radical (unpaired) electrons. The highest BCUT2D eigenvalue weighted by atomic mass is 16.2. The highest BCUT2D eigenvalue weighted by molar-refractivity contribution is 6.10. The Bertz CT molecular complexity index is 613. The Morgan fingerprint density at radius 3 is 2.29 bits per heavy atom. The zero-order chi connectivity index (χ0) is 15.1. The molecule has 2 unspecified atom stereocenters. The summed E-state index contributed by atoms with van der Waals surface area (Å²) < 4.78 is 0. The molecule has 0 bridgehead atoms. The van der Waals surface area contributed by atoms with Crippen LogP contribution in [0.15, 0.2) is 18.2 Å². The first-order chi connectivity index (χ1) is 9.99. The fourth-order valence-corrected chi connectivity index (χ4v) is 3.37. The second kappa shape index (κ2) is 5.10. The van der Waals surface area contributed by atoms with Gasteiger partial charge in [0.25, 0.3) is 0 Å². The van der Waals surface area contributed by atoms with Crippen LogP contribution in [0.4, 0.5) is 0 Å². The maximum Gasteiger partial charge on any atom is 0.233 e. The second-order valence-electron chi connectivity index (χ2n) is 6.13. The topological polar surface area (TPSA) is 54.5 Å². The summed E-state index contributed by atoms with van der Waals surface area (Å²) in [6.07, 6.45) is 2.50. The van der Waals surface area contributed by atoms with Gasteiger partial charge in [-0.3, -0.25) is 19.3 Å². The van der Waals surface area contributed by atoms with Crippen molar-refractivity contribution in [1.82, 2.24) is 4.90 Å². The van der Waals surface area contributed by atoms with Crippen LogP contribution in [0.5, 0.6) is 0 Å². The Morgan fingerprint density at radius 2 is 1.71 bits per heavy atom. The maximum absolute atomic E-state index is 12.3. The molecule has 1 aliphatic heterocycles. The molecule has 1 heterocycles. The van der Waals surface area contributed by atoms with Crippen molar-refractivity contribution in [2.45, 2.75) is 33.1 Å². The lowest BCUT2D eigenvalue weighted by Crippen LogP contribution is -2.36. The van der Waals surface area contributed by atoms with Gasteiger partial charge in [-0.1, -0.05) is 18.6 Å². The van der Waals surface area contributed by atoms with E-state index in [0.717, 1.165) is 30.4 Å². The van der Waals surface area contributed by atoms with Crippen LogP contribution in [0.1, 0.15) is 40.7 Å². The summed E-state index contributed by atoms with van der Waals surface area (Å²) in [6, 6.07) is 5.48. The standard InChI is InChI=1S/C17H19NO3/c1-10-6-7-12(8-11(10)2)15(19)9-18-16(20)13-4-3-5-14(13)17(18)21/h6-8,13-14H,3-5,9H2,1-2H3. The minimum Gasteiger partial charge on any atom is -0.292 e. The zero-order valence-corrected chi connectivity index (χ0v) is 12.4. The van der Waals surface area contributed by atoms with Gasteiger partial charge in [0.15, 0.2) is 5.78 Å². The van der Waals surface area contributed by atoms with Crippen molar-refractivity contribution in [3.05, 3.63) is 34.9 Å². The molecule has 2 atom stereocenters. The van der Waals surface area contributed by atoms with Crippen molar-refractivity contribution in [3.8, 4) is 0 Å². The van der Waals surface area contributed by atoms with E-state index in [1.807, 2.05) is 26.0 Å². The van der Waals surface area contributed by atoms with E-state index in [2.05, 4.69) is 0 Å². The van der Waals surface area contributed by atoms with Crippen LogP contribution < -0.4 is 0 Å². The van der Waals surface area contributed by atoms with Crippen molar-refractivity contribution in [2.75, 3.05) is 6.54 Å². The molecule has 0 N–H and O–H groups in total. The predicted octanol–water partition coefficient (Wildman–Crippen LogP) is 2.27. The Kier molecular flexibility index (Phi) is 3.40. The summed E-state index contributed by atoms with van der Waals surface area (Å²) in [5.74, 6) is -0.825. The fourth-order valence-electron chi connectivity index (χ4n) is 3.37. The summed E-state index contributed by atoms with van der Waals surface area (Å²) >= 11 is 0. The van der Waals surface area contributed by atoms with E-state index in [4.69, 9.17) is 0 Å². The Labute approximate surface area is 124 Å². The number of rotatable bonds is 3. The van der Waals surface area contributed by atoms with Crippen LogP contribution in [0, 0.1) is 25.7 Å². The number of nitrogens with zero attached hydrogens (tertiary/aromatic N) is 1. The van der Waals surface area contributed by atoms with E-state index < -0.39 is 0 Å². The summed E-state index contributed by atoms with van der Waals surface area (Å²) in [5, 5.41) is 0. The molecule has 0 aromatic heterocycles. The van der Waals surface area contributed by atoms with Crippen LogP contribution in [-0.2, 0) is 9.59 Å². The molecule has 0 spiro atoms. The number of ketones is 1. The highest BCUT2D eigenvalue weighted by Crippen LogP contribution is 2.39. The van der Waals surface area contributed by atoms with Crippen molar-refractivity contribution >= 4 is 17.6 Å². The zero-order valence-electron chi connectivity index (χ0n) is 12.4. The van der Waals surface area contributed by atoms with Crippen LogP contribution in [0.2, 0.25) is 0 Å². The van der Waals surface area contributed by atoms with Crippen molar-refractivity contribution < 1.29 is 14.4 Å². The van der Waals surface area contributed by atoms with Gasteiger partial charge in [-0.15, -0.1) is 0 Å². The molecule has 2 fully saturated rings. The number of likely N-dealkylation sites (tertiary alicyclic amines) is 1. The first-order valence-electron chi connectivity index (χ1n) is 7.44. The van der Waals surface area contributed by atoms with Gasteiger partial charge in [0.05, 0.1) is 18.4 Å². The molecular formula is C17H19NO3. The third-order valence-corrected chi connectivity index (χ3v) is 4.81. The minimum atomic E-state index is -0.176. The Balaban J connectivity index is 1.77. The van der Waals surface area contributed by atoms with Gasteiger partial charge in [0.1, 0.15) is 0 Å². The van der Waals surface area contributed by atoms with Gasteiger partial charge in [0, 0.05) is 5.56 Å². The second-order valence-corrected chi connectivity index (χ2v) is 6.13. The lowest BCUT2D eigenvalue weighted by Gasteiger charge is -2.15. The minimum absolute atomic E-state index is 0.118. The lowest BCUT2D eigenvalue weighted by molar-refractivity contribution is -0.139. The molecule has 2 amide bonds. The highest BCUT2D eigenvalue weighted by Gasteiger charge is 2.49. The molecule has 4 nitrogen and oxygen atoms in total. The number of carbonyl (C=O) groups excluding carboxylic acids is 3. The number of hydrogen-bond donors (Lipinski definition) is 0. The normalized spacial score (nSPS) is 24.6. The van der Waals surface area contributed by atoms with Crippen LogP contribution >= 0.6 is 0 Å². The van der Waals surface area contributed by atoms with Gasteiger partial charge in [-0.2, -0.15) is 0 Å². The average molecular weight is 285 g/mol. The number of benzene rings is 1. The molecule has 2 aliphatic rings. The summed E-state index contributed by atoms with van der Waals surface area (Å²) in [4.78, 5) is 38.0. The molecular weight excluding hydrogens is 266 g/mol. The van der Waals surface area contributed by atoms with E-state index in [1.54, 1.807) is 6.07 Å².